The molecular weight excluding hydrogens is 360 g/mol. The summed E-state index contributed by atoms with van der Waals surface area (Å²) in [4.78, 5) is 4.46. The van der Waals surface area contributed by atoms with Gasteiger partial charge < -0.3 is 9.80 Å². The average molecular weight is 391 g/mol. The first kappa shape index (κ1) is 21.3. The topological polar surface area (TPSA) is 60.9 Å². The standard InChI is InChI=1S/C21H30N2O3S/c1-3-23(4-2)21-11-9-19(10-12-21)7-8-20-13-16-22(17-14-20)15-5-6-18-27(24,25)26/h7-14,16H,3-6,15,17-18H2,1-2H3,(H,24,25,26)/b8-7+. The van der Waals surface area contributed by atoms with E-state index in [0.717, 1.165) is 38.2 Å². The quantitative estimate of drug-likeness (QED) is 0.484. The van der Waals surface area contributed by atoms with Gasteiger partial charge in [0.2, 0.25) is 0 Å². The largest absolute Gasteiger partial charge is 0.374 e. The summed E-state index contributed by atoms with van der Waals surface area (Å²) in [5.41, 5.74) is 3.59. The third-order valence-electron chi connectivity index (χ3n) is 4.63. The van der Waals surface area contributed by atoms with Crippen molar-refractivity contribution in [3.63, 3.8) is 0 Å². The fraction of sp³-hybridized carbons (Fsp3) is 0.429. The van der Waals surface area contributed by atoms with E-state index in [9.17, 15) is 8.42 Å². The van der Waals surface area contributed by atoms with Gasteiger partial charge in [0.25, 0.3) is 10.1 Å². The lowest BCUT2D eigenvalue weighted by Gasteiger charge is -2.22. The zero-order valence-electron chi connectivity index (χ0n) is 16.2. The molecule has 5 nitrogen and oxygen atoms in total. The lowest BCUT2D eigenvalue weighted by molar-refractivity contribution is 0.398. The van der Waals surface area contributed by atoms with Gasteiger partial charge in [0.1, 0.15) is 0 Å². The molecule has 1 aliphatic rings. The summed E-state index contributed by atoms with van der Waals surface area (Å²) in [6, 6.07) is 8.59. The molecule has 148 valence electrons. The molecule has 6 heteroatoms. The molecule has 1 aromatic carbocycles. The van der Waals surface area contributed by atoms with Crippen LogP contribution < -0.4 is 4.90 Å². The van der Waals surface area contributed by atoms with Crippen molar-refractivity contribution in [2.45, 2.75) is 26.7 Å². The Balaban J connectivity index is 1.80. The molecule has 0 bridgehead atoms. The van der Waals surface area contributed by atoms with E-state index in [-0.39, 0.29) is 5.75 Å². The molecule has 0 saturated heterocycles. The molecule has 0 saturated carbocycles. The summed E-state index contributed by atoms with van der Waals surface area (Å²) in [5, 5.41) is 0. The molecule has 0 aromatic heterocycles. The third-order valence-corrected chi connectivity index (χ3v) is 5.43. The summed E-state index contributed by atoms with van der Waals surface area (Å²) in [5.74, 6) is -0.165. The molecule has 0 unspecified atom stereocenters. The van der Waals surface area contributed by atoms with Crippen LogP contribution in [-0.2, 0) is 10.1 Å². The fourth-order valence-electron chi connectivity index (χ4n) is 3.01. The molecule has 1 heterocycles. The Hall–Kier alpha value is -2.05. The maximum absolute atomic E-state index is 10.7. The number of hydrogen-bond acceptors (Lipinski definition) is 4. The minimum atomic E-state index is -3.84. The van der Waals surface area contributed by atoms with Gasteiger partial charge in [-0.25, -0.2) is 0 Å². The summed E-state index contributed by atoms with van der Waals surface area (Å²) in [6.07, 6.45) is 11.7. The first-order valence-corrected chi connectivity index (χ1v) is 11.1. The van der Waals surface area contributed by atoms with Gasteiger partial charge in [0.05, 0.1) is 5.75 Å². The Morgan fingerprint density at radius 1 is 1.11 bits per heavy atom. The van der Waals surface area contributed by atoms with E-state index in [2.05, 4.69) is 72.2 Å². The molecule has 1 aliphatic heterocycles. The van der Waals surface area contributed by atoms with E-state index < -0.39 is 10.1 Å². The van der Waals surface area contributed by atoms with Gasteiger partial charge in [-0.1, -0.05) is 30.4 Å². The van der Waals surface area contributed by atoms with Gasteiger partial charge in [-0.2, -0.15) is 8.42 Å². The zero-order chi connectivity index (χ0) is 19.7. The highest BCUT2D eigenvalue weighted by atomic mass is 32.2. The number of rotatable bonds is 10. The van der Waals surface area contributed by atoms with E-state index in [1.54, 1.807) is 0 Å². The van der Waals surface area contributed by atoms with Crippen LogP contribution in [0.25, 0.3) is 6.08 Å². The summed E-state index contributed by atoms with van der Waals surface area (Å²) < 4.78 is 30.1. The first-order chi connectivity index (χ1) is 12.9. The number of hydrogen-bond donors (Lipinski definition) is 1. The highest BCUT2D eigenvalue weighted by Crippen LogP contribution is 2.17. The number of allylic oxidation sites excluding steroid dienone is 3. The van der Waals surface area contributed by atoms with Gasteiger partial charge in [-0.05, 0) is 62.2 Å². The third kappa shape index (κ3) is 7.61. The van der Waals surface area contributed by atoms with Gasteiger partial charge in [-0.3, -0.25) is 4.55 Å². The van der Waals surface area contributed by atoms with Crippen LogP contribution in [0.4, 0.5) is 5.69 Å². The van der Waals surface area contributed by atoms with Crippen molar-refractivity contribution < 1.29 is 13.0 Å². The van der Waals surface area contributed by atoms with Crippen LogP contribution in [0.5, 0.6) is 0 Å². The minimum Gasteiger partial charge on any atom is -0.374 e. The average Bonchev–Trinajstić information content (AvgIpc) is 2.66. The molecule has 0 atom stereocenters. The summed E-state index contributed by atoms with van der Waals surface area (Å²) >= 11 is 0. The number of benzene rings is 1. The number of nitrogens with zero attached hydrogens (tertiary/aromatic N) is 2. The molecule has 0 aliphatic carbocycles. The molecule has 0 radical (unpaired) electrons. The van der Waals surface area contributed by atoms with Crippen molar-refractivity contribution in [3.8, 4) is 0 Å². The second kappa shape index (κ2) is 10.3. The Bertz CT molecular complexity index is 776. The zero-order valence-corrected chi connectivity index (χ0v) is 17.0. The molecular formula is C21H30N2O3S. The molecule has 0 amide bonds. The van der Waals surface area contributed by atoms with Gasteiger partial charge in [0.15, 0.2) is 0 Å². The SMILES string of the molecule is CCN(CC)c1ccc(/C=C/C2=CCN(CCCCS(=O)(=O)O)C=C2)cc1. The van der Waals surface area contributed by atoms with Crippen LogP contribution in [0.1, 0.15) is 32.3 Å². The maximum Gasteiger partial charge on any atom is 0.264 e. The van der Waals surface area contributed by atoms with Crippen LogP contribution >= 0.6 is 0 Å². The van der Waals surface area contributed by atoms with Crippen LogP contribution in [0.15, 0.2) is 54.3 Å². The Morgan fingerprint density at radius 3 is 2.37 bits per heavy atom. The fourth-order valence-corrected chi connectivity index (χ4v) is 3.58. The van der Waals surface area contributed by atoms with Crippen molar-refractivity contribution in [2.75, 3.05) is 36.8 Å². The van der Waals surface area contributed by atoms with Crippen LogP contribution in [0, 0.1) is 0 Å². The number of anilines is 1. The van der Waals surface area contributed by atoms with Crippen LogP contribution in [0.2, 0.25) is 0 Å². The summed E-state index contributed by atoms with van der Waals surface area (Å²) in [6.45, 7) is 7.94. The minimum absolute atomic E-state index is 0.165. The highest BCUT2D eigenvalue weighted by molar-refractivity contribution is 7.85. The van der Waals surface area contributed by atoms with Gasteiger partial charge in [0, 0.05) is 31.9 Å². The van der Waals surface area contributed by atoms with Crippen molar-refractivity contribution in [1.29, 1.82) is 0 Å². The van der Waals surface area contributed by atoms with Gasteiger partial charge >= 0.3 is 0 Å². The predicted molar refractivity (Wildman–Crippen MR) is 113 cm³/mol. The molecule has 1 N–H and O–H groups in total. The van der Waals surface area contributed by atoms with Crippen LogP contribution in [0.3, 0.4) is 0 Å². The lowest BCUT2D eigenvalue weighted by atomic mass is 10.1. The van der Waals surface area contributed by atoms with Gasteiger partial charge in [-0.15, -0.1) is 0 Å². The molecule has 2 rings (SSSR count). The molecule has 27 heavy (non-hydrogen) atoms. The monoisotopic (exact) mass is 390 g/mol. The van der Waals surface area contributed by atoms with Crippen molar-refractivity contribution in [3.05, 3.63) is 59.8 Å². The van der Waals surface area contributed by atoms with Crippen molar-refractivity contribution in [2.24, 2.45) is 0 Å². The molecule has 1 aromatic rings. The van der Waals surface area contributed by atoms with E-state index in [0.29, 0.717) is 6.42 Å². The Morgan fingerprint density at radius 2 is 1.81 bits per heavy atom. The first-order valence-electron chi connectivity index (χ1n) is 9.52. The molecule has 0 fully saturated rings. The smallest absolute Gasteiger partial charge is 0.264 e. The highest BCUT2D eigenvalue weighted by Gasteiger charge is 2.06. The second-order valence-electron chi connectivity index (χ2n) is 6.61. The van der Waals surface area contributed by atoms with Crippen LogP contribution in [-0.4, -0.2) is 49.8 Å². The maximum atomic E-state index is 10.7. The molecule has 0 spiro atoms. The number of unbranched alkanes of at least 4 members (excludes halogenated alkanes) is 1. The second-order valence-corrected chi connectivity index (χ2v) is 8.18. The van der Waals surface area contributed by atoms with Crippen molar-refractivity contribution >= 4 is 21.9 Å². The van der Waals surface area contributed by atoms with E-state index in [1.807, 2.05) is 6.20 Å². The van der Waals surface area contributed by atoms with E-state index in [1.165, 1.54) is 11.3 Å². The van der Waals surface area contributed by atoms with Crippen molar-refractivity contribution in [1.82, 2.24) is 4.90 Å². The van der Waals surface area contributed by atoms with E-state index in [4.69, 9.17) is 4.55 Å². The van der Waals surface area contributed by atoms with E-state index >= 15 is 0 Å². The Kier molecular flexibility index (Phi) is 8.13. The lowest BCUT2D eigenvalue weighted by Crippen LogP contribution is -2.21. The Labute approximate surface area is 163 Å². The normalized spacial score (nSPS) is 14.6. The predicted octanol–water partition coefficient (Wildman–Crippen LogP) is 3.97. The summed E-state index contributed by atoms with van der Waals surface area (Å²) in [7, 11) is -3.84.